The van der Waals surface area contributed by atoms with E-state index >= 15 is 0 Å². The van der Waals surface area contributed by atoms with Crippen LogP contribution in [0.15, 0.2) is 30.5 Å². The van der Waals surface area contributed by atoms with E-state index in [0.717, 1.165) is 42.5 Å². The van der Waals surface area contributed by atoms with Gasteiger partial charge < -0.3 is 15.2 Å². The number of benzene rings is 1. The third-order valence-corrected chi connectivity index (χ3v) is 3.47. The Bertz CT molecular complexity index is 555. The lowest BCUT2D eigenvalue weighted by molar-refractivity contribution is 0.200. The summed E-state index contributed by atoms with van der Waals surface area (Å²) in [6.45, 7) is 1.74. The first-order valence-corrected chi connectivity index (χ1v) is 6.46. The molecule has 0 saturated carbocycles. The van der Waals surface area contributed by atoms with Crippen molar-refractivity contribution in [1.82, 2.24) is 9.88 Å². The number of hydrogen-bond donors (Lipinski definition) is 2. The molecule has 2 amide bonds. The summed E-state index contributed by atoms with van der Waals surface area (Å²) in [4.78, 5) is 17.2. The Hall–Kier alpha value is -1.97. The van der Waals surface area contributed by atoms with Crippen LogP contribution in [0.3, 0.4) is 0 Å². The Labute approximate surface area is 106 Å². The van der Waals surface area contributed by atoms with Crippen molar-refractivity contribution in [2.45, 2.75) is 19.3 Å². The third-order valence-electron chi connectivity index (χ3n) is 3.47. The SMILES string of the molecule is O=C(Nc1c[nH]c2ccccc12)N1CCCCC1. The number of para-hydroxylation sites is 1. The highest BCUT2D eigenvalue weighted by molar-refractivity contribution is 6.00. The normalized spacial score (nSPS) is 15.9. The van der Waals surface area contributed by atoms with E-state index in [4.69, 9.17) is 0 Å². The zero-order chi connectivity index (χ0) is 12.4. The largest absolute Gasteiger partial charge is 0.359 e. The van der Waals surface area contributed by atoms with Crippen molar-refractivity contribution in [3.05, 3.63) is 30.5 Å². The van der Waals surface area contributed by atoms with Gasteiger partial charge in [0.05, 0.1) is 5.69 Å². The molecular formula is C14H17N3O. The zero-order valence-electron chi connectivity index (χ0n) is 10.3. The van der Waals surface area contributed by atoms with Crippen LogP contribution in [0, 0.1) is 0 Å². The molecule has 4 heteroatoms. The number of H-pyrrole nitrogens is 1. The summed E-state index contributed by atoms with van der Waals surface area (Å²) < 4.78 is 0. The molecular weight excluding hydrogens is 226 g/mol. The molecule has 18 heavy (non-hydrogen) atoms. The molecule has 4 nitrogen and oxygen atoms in total. The Morgan fingerprint density at radius 1 is 1.17 bits per heavy atom. The van der Waals surface area contributed by atoms with E-state index in [9.17, 15) is 4.79 Å². The maximum atomic E-state index is 12.1. The van der Waals surface area contributed by atoms with Crippen LogP contribution in [0.4, 0.5) is 10.5 Å². The van der Waals surface area contributed by atoms with E-state index in [0.29, 0.717) is 0 Å². The van der Waals surface area contributed by atoms with Gasteiger partial charge in [0.25, 0.3) is 0 Å². The fourth-order valence-corrected chi connectivity index (χ4v) is 2.47. The van der Waals surface area contributed by atoms with E-state index in [1.54, 1.807) is 0 Å². The minimum atomic E-state index is 0.0134. The molecule has 1 aliphatic rings. The topological polar surface area (TPSA) is 48.1 Å². The highest BCUT2D eigenvalue weighted by Crippen LogP contribution is 2.23. The molecule has 2 heterocycles. The van der Waals surface area contributed by atoms with Crippen LogP contribution in [-0.4, -0.2) is 29.0 Å². The Morgan fingerprint density at radius 3 is 2.78 bits per heavy atom. The predicted molar refractivity (Wildman–Crippen MR) is 72.7 cm³/mol. The molecule has 2 N–H and O–H groups in total. The predicted octanol–water partition coefficient (Wildman–Crippen LogP) is 3.19. The minimum absolute atomic E-state index is 0.0134. The van der Waals surface area contributed by atoms with Gasteiger partial charge in [-0.2, -0.15) is 0 Å². The number of hydrogen-bond acceptors (Lipinski definition) is 1. The molecule has 94 valence electrons. The summed E-state index contributed by atoms with van der Waals surface area (Å²) in [6.07, 6.45) is 5.31. The molecule has 1 fully saturated rings. The zero-order valence-corrected chi connectivity index (χ0v) is 10.3. The van der Waals surface area contributed by atoms with E-state index in [1.807, 2.05) is 35.4 Å². The molecule has 1 aromatic heterocycles. The van der Waals surface area contributed by atoms with Crippen LogP contribution in [0.1, 0.15) is 19.3 Å². The van der Waals surface area contributed by atoms with Gasteiger partial charge in [-0.3, -0.25) is 0 Å². The van der Waals surface area contributed by atoms with Gasteiger partial charge in [-0.25, -0.2) is 4.79 Å². The Kier molecular flexibility index (Phi) is 2.92. The standard InChI is InChI=1S/C14H17N3O/c18-14(17-8-4-1-5-9-17)16-13-10-15-12-7-3-2-6-11(12)13/h2-3,6-7,10,15H,1,4-5,8-9H2,(H,16,18). The van der Waals surface area contributed by atoms with Crippen molar-refractivity contribution >= 4 is 22.6 Å². The number of urea groups is 1. The van der Waals surface area contributed by atoms with Crippen molar-refractivity contribution < 1.29 is 4.79 Å². The fraction of sp³-hybridized carbons (Fsp3) is 0.357. The Balaban J connectivity index is 1.77. The van der Waals surface area contributed by atoms with Crippen LogP contribution < -0.4 is 5.32 Å². The van der Waals surface area contributed by atoms with Crippen molar-refractivity contribution in [1.29, 1.82) is 0 Å². The van der Waals surface area contributed by atoms with Crippen molar-refractivity contribution in [3.63, 3.8) is 0 Å². The summed E-state index contributed by atoms with van der Waals surface area (Å²) in [5, 5.41) is 4.05. The van der Waals surface area contributed by atoms with Gasteiger partial charge in [0, 0.05) is 30.2 Å². The lowest BCUT2D eigenvalue weighted by Crippen LogP contribution is -2.38. The number of likely N-dealkylation sites (tertiary alicyclic amines) is 1. The first-order chi connectivity index (χ1) is 8.84. The van der Waals surface area contributed by atoms with E-state index in [1.165, 1.54) is 6.42 Å². The number of carbonyl (C=O) groups excluding carboxylic acids is 1. The number of aromatic nitrogens is 1. The first kappa shape index (κ1) is 11.1. The number of fused-ring (bicyclic) bond motifs is 1. The van der Waals surface area contributed by atoms with E-state index in [2.05, 4.69) is 10.3 Å². The quantitative estimate of drug-likeness (QED) is 0.794. The van der Waals surface area contributed by atoms with Gasteiger partial charge in [-0.1, -0.05) is 18.2 Å². The van der Waals surface area contributed by atoms with Gasteiger partial charge >= 0.3 is 6.03 Å². The van der Waals surface area contributed by atoms with Crippen molar-refractivity contribution in [2.24, 2.45) is 0 Å². The van der Waals surface area contributed by atoms with Gasteiger partial charge in [0.15, 0.2) is 0 Å². The second-order valence-electron chi connectivity index (χ2n) is 4.73. The molecule has 1 saturated heterocycles. The lowest BCUT2D eigenvalue weighted by atomic mass is 10.1. The monoisotopic (exact) mass is 243 g/mol. The van der Waals surface area contributed by atoms with Gasteiger partial charge in [0.2, 0.25) is 0 Å². The molecule has 1 aromatic carbocycles. The van der Waals surface area contributed by atoms with E-state index < -0.39 is 0 Å². The van der Waals surface area contributed by atoms with Gasteiger partial charge in [-0.15, -0.1) is 0 Å². The number of nitrogens with one attached hydrogen (secondary N) is 2. The summed E-state index contributed by atoms with van der Waals surface area (Å²) >= 11 is 0. The highest BCUT2D eigenvalue weighted by atomic mass is 16.2. The summed E-state index contributed by atoms with van der Waals surface area (Å²) in [7, 11) is 0. The molecule has 0 bridgehead atoms. The molecule has 0 aliphatic carbocycles. The number of anilines is 1. The third kappa shape index (κ3) is 2.06. The summed E-state index contributed by atoms with van der Waals surface area (Å²) in [5.41, 5.74) is 1.91. The van der Waals surface area contributed by atoms with Crippen LogP contribution in [0.2, 0.25) is 0 Å². The average molecular weight is 243 g/mol. The van der Waals surface area contributed by atoms with Crippen molar-refractivity contribution in [3.8, 4) is 0 Å². The number of amides is 2. The second kappa shape index (κ2) is 4.72. The number of piperidine rings is 1. The lowest BCUT2D eigenvalue weighted by Gasteiger charge is -2.26. The molecule has 0 spiro atoms. The van der Waals surface area contributed by atoms with Gasteiger partial charge in [-0.05, 0) is 25.3 Å². The van der Waals surface area contributed by atoms with Crippen LogP contribution in [0.5, 0.6) is 0 Å². The Morgan fingerprint density at radius 2 is 1.94 bits per heavy atom. The van der Waals surface area contributed by atoms with Crippen LogP contribution in [0.25, 0.3) is 10.9 Å². The molecule has 1 aliphatic heterocycles. The number of carbonyl (C=O) groups is 1. The first-order valence-electron chi connectivity index (χ1n) is 6.46. The van der Waals surface area contributed by atoms with Crippen LogP contribution in [-0.2, 0) is 0 Å². The number of aromatic amines is 1. The number of rotatable bonds is 1. The molecule has 0 atom stereocenters. The molecule has 2 aromatic rings. The van der Waals surface area contributed by atoms with E-state index in [-0.39, 0.29) is 6.03 Å². The van der Waals surface area contributed by atoms with Crippen molar-refractivity contribution in [2.75, 3.05) is 18.4 Å². The number of nitrogens with zero attached hydrogens (tertiary/aromatic N) is 1. The second-order valence-corrected chi connectivity index (χ2v) is 4.73. The summed E-state index contributed by atoms with van der Waals surface area (Å²) in [5.74, 6) is 0. The van der Waals surface area contributed by atoms with Crippen LogP contribution >= 0.6 is 0 Å². The minimum Gasteiger partial charge on any atom is -0.359 e. The molecule has 3 rings (SSSR count). The highest BCUT2D eigenvalue weighted by Gasteiger charge is 2.17. The fourth-order valence-electron chi connectivity index (χ4n) is 2.47. The molecule has 0 unspecified atom stereocenters. The maximum Gasteiger partial charge on any atom is 0.321 e. The smallest absolute Gasteiger partial charge is 0.321 e. The average Bonchev–Trinajstić information content (AvgIpc) is 2.83. The van der Waals surface area contributed by atoms with Gasteiger partial charge in [0.1, 0.15) is 0 Å². The maximum absolute atomic E-state index is 12.1. The summed E-state index contributed by atoms with van der Waals surface area (Å²) in [6, 6.07) is 7.99. The molecule has 0 radical (unpaired) electrons.